The number of nitrogens with one attached hydrogen (secondary N) is 1. The van der Waals surface area contributed by atoms with Crippen molar-refractivity contribution in [2.45, 2.75) is 70.3 Å². The molecule has 1 N–H and O–H groups in total. The number of ketones is 1. The van der Waals surface area contributed by atoms with Gasteiger partial charge in [-0.1, -0.05) is 23.7 Å². The molecule has 4 rings (SSSR count). The third kappa shape index (κ3) is 6.74. The summed E-state index contributed by atoms with van der Waals surface area (Å²) in [6, 6.07) is 13.7. The highest BCUT2D eigenvalue weighted by atomic mass is 35.5. The molecule has 0 radical (unpaired) electrons. The van der Waals surface area contributed by atoms with Crippen LogP contribution in [0.1, 0.15) is 74.7 Å². The first kappa shape index (κ1) is 26.8. The van der Waals surface area contributed by atoms with Crippen molar-refractivity contribution >= 4 is 23.3 Å². The van der Waals surface area contributed by atoms with Gasteiger partial charge in [0.15, 0.2) is 5.78 Å². The maximum atomic E-state index is 13.1. The van der Waals surface area contributed by atoms with Gasteiger partial charge in [0, 0.05) is 22.5 Å². The lowest BCUT2D eigenvalue weighted by atomic mass is 9.81. The van der Waals surface area contributed by atoms with Crippen LogP contribution in [-0.4, -0.2) is 42.3 Å². The van der Waals surface area contributed by atoms with E-state index in [1.54, 1.807) is 12.1 Å². The highest BCUT2D eigenvalue weighted by Crippen LogP contribution is 2.30. The van der Waals surface area contributed by atoms with Crippen molar-refractivity contribution in [1.82, 2.24) is 10.2 Å². The second-order valence-corrected chi connectivity index (χ2v) is 11.5. The molecule has 1 saturated heterocycles. The fourth-order valence-corrected chi connectivity index (χ4v) is 5.72. The van der Waals surface area contributed by atoms with Crippen molar-refractivity contribution in [3.63, 3.8) is 0 Å². The molecule has 2 aromatic rings. The first-order valence-corrected chi connectivity index (χ1v) is 13.7. The quantitative estimate of drug-likeness (QED) is 0.415. The summed E-state index contributed by atoms with van der Waals surface area (Å²) in [7, 11) is 0. The summed E-state index contributed by atoms with van der Waals surface area (Å²) in [4.78, 5) is 28.2. The van der Waals surface area contributed by atoms with Gasteiger partial charge in [-0.15, -0.1) is 0 Å². The molecule has 1 heterocycles. The van der Waals surface area contributed by atoms with Crippen LogP contribution in [0, 0.1) is 17.7 Å². The van der Waals surface area contributed by atoms with Gasteiger partial charge >= 0.3 is 0 Å². The van der Waals surface area contributed by atoms with Crippen LogP contribution in [0.2, 0.25) is 5.02 Å². The van der Waals surface area contributed by atoms with Crippen molar-refractivity contribution in [3.8, 4) is 0 Å². The van der Waals surface area contributed by atoms with Gasteiger partial charge in [-0.3, -0.25) is 9.59 Å². The summed E-state index contributed by atoms with van der Waals surface area (Å²) in [6.07, 6.45) is 7.27. The Hall–Kier alpha value is -2.24. The number of hydrogen-bond acceptors (Lipinski definition) is 3. The molecule has 4 nitrogen and oxygen atoms in total. The highest BCUT2D eigenvalue weighted by molar-refractivity contribution is 6.30. The Morgan fingerprint density at radius 3 is 2.17 bits per heavy atom. The molecule has 6 heteroatoms. The minimum atomic E-state index is -0.592. The number of likely N-dealkylation sites (tertiary alicyclic amines) is 1. The molecule has 194 valence electrons. The standard InChI is InChI=1S/C30H38ClFN2O2/c1-30(2,24-7-9-25(31)10-8-24)29(36)33-27-13-3-21(4-14-27)15-18-34-19-16-23(17-20-34)28(35)22-5-11-26(32)12-6-22/h5-12,21,23,27H,3-4,13-20H2,1-2H3,(H,33,36). The number of rotatable bonds is 8. The van der Waals surface area contributed by atoms with E-state index in [0.717, 1.165) is 63.7 Å². The van der Waals surface area contributed by atoms with Gasteiger partial charge < -0.3 is 10.2 Å². The molecule has 2 aromatic carbocycles. The number of piperidine rings is 1. The smallest absolute Gasteiger partial charge is 0.230 e. The molecular weight excluding hydrogens is 475 g/mol. The molecule has 0 bridgehead atoms. The number of carbonyl (C=O) groups is 2. The maximum Gasteiger partial charge on any atom is 0.230 e. The van der Waals surface area contributed by atoms with Gasteiger partial charge in [-0.05, 0) is 126 Å². The summed E-state index contributed by atoms with van der Waals surface area (Å²) in [5.74, 6) is 0.657. The number of Topliss-reactive ketones (excluding diaryl/α,β-unsaturated/α-hetero) is 1. The average molecular weight is 513 g/mol. The Morgan fingerprint density at radius 1 is 0.944 bits per heavy atom. The van der Waals surface area contributed by atoms with Crippen LogP contribution < -0.4 is 5.32 Å². The molecule has 0 atom stereocenters. The van der Waals surface area contributed by atoms with Crippen molar-refractivity contribution in [2.24, 2.45) is 11.8 Å². The average Bonchev–Trinajstić information content (AvgIpc) is 2.89. The second kappa shape index (κ2) is 11.9. The molecule has 1 aliphatic carbocycles. The van der Waals surface area contributed by atoms with Crippen molar-refractivity contribution in [3.05, 3.63) is 70.5 Å². The van der Waals surface area contributed by atoms with Crippen LogP contribution in [0.25, 0.3) is 0 Å². The van der Waals surface area contributed by atoms with Gasteiger partial charge in [0.25, 0.3) is 0 Å². The summed E-state index contributed by atoms with van der Waals surface area (Å²) in [6.45, 7) is 6.90. The first-order chi connectivity index (χ1) is 17.2. The van der Waals surface area contributed by atoms with Gasteiger partial charge in [-0.2, -0.15) is 0 Å². The van der Waals surface area contributed by atoms with Gasteiger partial charge in [0.1, 0.15) is 5.82 Å². The van der Waals surface area contributed by atoms with Gasteiger partial charge in [-0.25, -0.2) is 4.39 Å². The van der Waals surface area contributed by atoms with E-state index in [0.29, 0.717) is 16.5 Å². The molecule has 1 saturated carbocycles. The summed E-state index contributed by atoms with van der Waals surface area (Å²) in [5.41, 5.74) is 1.00. The number of benzene rings is 2. The van der Waals surface area contributed by atoms with Gasteiger partial charge in [0.05, 0.1) is 5.41 Å². The Kier molecular flexibility index (Phi) is 8.84. The van der Waals surface area contributed by atoms with E-state index in [1.807, 2.05) is 38.1 Å². The maximum absolute atomic E-state index is 13.1. The Bertz CT molecular complexity index is 1020. The van der Waals surface area contributed by atoms with E-state index >= 15 is 0 Å². The van der Waals surface area contributed by atoms with E-state index < -0.39 is 5.41 Å². The zero-order valence-electron chi connectivity index (χ0n) is 21.4. The van der Waals surface area contributed by atoms with Crippen LogP contribution >= 0.6 is 11.6 Å². The predicted molar refractivity (Wildman–Crippen MR) is 143 cm³/mol. The largest absolute Gasteiger partial charge is 0.353 e. The summed E-state index contributed by atoms with van der Waals surface area (Å²) in [5, 5.41) is 3.97. The SMILES string of the molecule is CC(C)(C(=O)NC1CCC(CCN2CCC(C(=O)c3ccc(F)cc3)CC2)CC1)c1ccc(Cl)cc1. The molecule has 2 aliphatic rings. The fourth-order valence-electron chi connectivity index (χ4n) is 5.59. The van der Waals surface area contributed by atoms with Crippen molar-refractivity contribution in [2.75, 3.05) is 19.6 Å². The summed E-state index contributed by atoms with van der Waals surface area (Å²) < 4.78 is 13.1. The zero-order valence-corrected chi connectivity index (χ0v) is 22.2. The fraction of sp³-hybridized carbons (Fsp3) is 0.533. The third-order valence-electron chi connectivity index (χ3n) is 8.26. The van der Waals surface area contributed by atoms with Crippen LogP contribution in [0.3, 0.4) is 0 Å². The van der Waals surface area contributed by atoms with Crippen LogP contribution in [-0.2, 0) is 10.2 Å². The predicted octanol–water partition coefficient (Wildman–Crippen LogP) is 6.42. The minimum Gasteiger partial charge on any atom is -0.353 e. The lowest BCUT2D eigenvalue weighted by molar-refractivity contribution is -0.126. The number of carbonyl (C=O) groups excluding carboxylic acids is 2. The van der Waals surface area contributed by atoms with E-state index in [1.165, 1.54) is 18.6 Å². The minimum absolute atomic E-state index is 0.0443. The number of nitrogens with zero attached hydrogens (tertiary/aromatic N) is 1. The van der Waals surface area contributed by atoms with Crippen molar-refractivity contribution < 1.29 is 14.0 Å². The monoisotopic (exact) mass is 512 g/mol. The number of halogens is 2. The van der Waals surface area contributed by atoms with Gasteiger partial charge in [0.2, 0.25) is 5.91 Å². The van der Waals surface area contributed by atoms with E-state index in [4.69, 9.17) is 11.6 Å². The van der Waals surface area contributed by atoms with Crippen LogP contribution in [0.4, 0.5) is 4.39 Å². The molecule has 0 unspecified atom stereocenters. The molecular formula is C30H38ClFN2O2. The normalized spacial score (nSPS) is 21.8. The third-order valence-corrected chi connectivity index (χ3v) is 8.51. The van der Waals surface area contributed by atoms with Crippen LogP contribution in [0.5, 0.6) is 0 Å². The highest BCUT2D eigenvalue weighted by Gasteiger charge is 2.33. The van der Waals surface area contributed by atoms with E-state index in [9.17, 15) is 14.0 Å². The molecule has 0 spiro atoms. The molecule has 0 aromatic heterocycles. The Labute approximate surface area is 219 Å². The molecule has 1 aliphatic heterocycles. The zero-order chi connectivity index (χ0) is 25.7. The molecule has 2 fully saturated rings. The molecule has 1 amide bonds. The molecule has 36 heavy (non-hydrogen) atoms. The van der Waals surface area contributed by atoms with E-state index in [-0.39, 0.29) is 29.5 Å². The topological polar surface area (TPSA) is 49.4 Å². The van der Waals surface area contributed by atoms with Crippen LogP contribution in [0.15, 0.2) is 48.5 Å². The Morgan fingerprint density at radius 2 is 1.56 bits per heavy atom. The lowest BCUT2D eigenvalue weighted by Crippen LogP contribution is -2.46. The van der Waals surface area contributed by atoms with E-state index in [2.05, 4.69) is 10.2 Å². The summed E-state index contributed by atoms with van der Waals surface area (Å²) >= 11 is 6.00. The number of amides is 1. The van der Waals surface area contributed by atoms with Crippen molar-refractivity contribution in [1.29, 1.82) is 0 Å². The first-order valence-electron chi connectivity index (χ1n) is 13.3. The second-order valence-electron chi connectivity index (χ2n) is 11.1. The number of hydrogen-bond donors (Lipinski definition) is 1. The Balaban J connectivity index is 1.15. The lowest BCUT2D eigenvalue weighted by Gasteiger charge is -2.35.